The number of ether oxygens (including phenoxy) is 1. The molecule has 0 radical (unpaired) electrons. The number of benzene rings is 2. The molecule has 1 heterocycles. The zero-order valence-corrected chi connectivity index (χ0v) is 12.0. The van der Waals surface area contributed by atoms with Gasteiger partial charge in [0.05, 0.1) is 4.75 Å². The first-order chi connectivity index (χ1) is 9.63. The number of phenols is 2. The molecule has 0 amide bonds. The van der Waals surface area contributed by atoms with Crippen LogP contribution in [0, 0.1) is 0 Å². The topological polar surface area (TPSA) is 49.7 Å². The van der Waals surface area contributed by atoms with Crippen molar-refractivity contribution in [2.75, 3.05) is 12.9 Å². The molecule has 3 nitrogen and oxygen atoms in total. The van der Waals surface area contributed by atoms with Crippen LogP contribution in [0.4, 0.5) is 0 Å². The number of aromatic hydroxyl groups is 2. The number of fused-ring (bicyclic) bond motifs is 1. The first-order valence-corrected chi connectivity index (χ1v) is 7.65. The summed E-state index contributed by atoms with van der Waals surface area (Å²) < 4.78 is 5.70. The van der Waals surface area contributed by atoms with E-state index in [4.69, 9.17) is 4.74 Å². The van der Waals surface area contributed by atoms with Crippen molar-refractivity contribution in [1.82, 2.24) is 0 Å². The van der Waals surface area contributed by atoms with Crippen molar-refractivity contribution in [3.05, 3.63) is 53.6 Å². The Morgan fingerprint density at radius 1 is 1.05 bits per heavy atom. The number of hydrogen-bond acceptors (Lipinski definition) is 4. The van der Waals surface area contributed by atoms with Gasteiger partial charge in [-0.2, -0.15) is 0 Å². The highest BCUT2D eigenvalue weighted by Gasteiger charge is 2.37. The van der Waals surface area contributed by atoms with E-state index in [9.17, 15) is 10.2 Å². The third-order valence-corrected chi connectivity index (χ3v) is 5.05. The van der Waals surface area contributed by atoms with E-state index in [0.717, 1.165) is 23.3 Å². The maximum atomic E-state index is 9.51. The largest absolute Gasteiger partial charge is 0.508 e. The van der Waals surface area contributed by atoms with E-state index in [1.54, 1.807) is 36.0 Å². The molecule has 0 saturated heterocycles. The standard InChI is InChI=1S/C16H16O3S/c1-20-16(12-3-6-13(17)7-4-12)9-11-2-5-14(18)8-15(11)19-10-16/h2-8,17-18H,9-10H2,1H3. The smallest absolute Gasteiger partial charge is 0.126 e. The molecule has 2 aromatic rings. The van der Waals surface area contributed by atoms with E-state index in [2.05, 4.69) is 6.26 Å². The van der Waals surface area contributed by atoms with Crippen LogP contribution in [0.2, 0.25) is 0 Å². The van der Waals surface area contributed by atoms with Gasteiger partial charge in [-0.3, -0.25) is 0 Å². The van der Waals surface area contributed by atoms with E-state index in [1.807, 2.05) is 18.2 Å². The molecule has 4 heteroatoms. The molecule has 0 fully saturated rings. The fourth-order valence-electron chi connectivity index (χ4n) is 2.58. The summed E-state index contributed by atoms with van der Waals surface area (Å²) in [5, 5.41) is 18.9. The van der Waals surface area contributed by atoms with Gasteiger partial charge in [0.2, 0.25) is 0 Å². The summed E-state index contributed by atoms with van der Waals surface area (Å²) in [6, 6.07) is 12.6. The van der Waals surface area contributed by atoms with E-state index < -0.39 is 0 Å². The van der Waals surface area contributed by atoms with Gasteiger partial charge in [-0.15, -0.1) is 11.8 Å². The van der Waals surface area contributed by atoms with Crippen LogP contribution < -0.4 is 4.74 Å². The van der Waals surface area contributed by atoms with Gasteiger partial charge in [0, 0.05) is 6.07 Å². The van der Waals surface area contributed by atoms with Crippen molar-refractivity contribution in [1.29, 1.82) is 0 Å². The third-order valence-electron chi connectivity index (χ3n) is 3.77. The zero-order chi connectivity index (χ0) is 14.2. The summed E-state index contributed by atoms with van der Waals surface area (Å²) in [6.45, 7) is 0.551. The molecular formula is C16H16O3S. The minimum atomic E-state index is -0.155. The SMILES string of the molecule is CSC1(c2ccc(O)cc2)COc2cc(O)ccc2C1. The first-order valence-electron chi connectivity index (χ1n) is 6.42. The lowest BCUT2D eigenvalue weighted by Crippen LogP contribution is -2.35. The quantitative estimate of drug-likeness (QED) is 0.890. The van der Waals surface area contributed by atoms with E-state index in [0.29, 0.717) is 6.61 Å². The maximum Gasteiger partial charge on any atom is 0.126 e. The Hall–Kier alpha value is -1.81. The molecule has 0 aliphatic carbocycles. The van der Waals surface area contributed by atoms with Crippen LogP contribution in [0.25, 0.3) is 0 Å². The minimum Gasteiger partial charge on any atom is -0.508 e. The van der Waals surface area contributed by atoms with Crippen molar-refractivity contribution >= 4 is 11.8 Å². The minimum absolute atomic E-state index is 0.155. The van der Waals surface area contributed by atoms with Crippen molar-refractivity contribution < 1.29 is 14.9 Å². The summed E-state index contributed by atoms with van der Waals surface area (Å²) in [6.07, 6.45) is 2.91. The number of thioether (sulfide) groups is 1. The van der Waals surface area contributed by atoms with Crippen molar-refractivity contribution in [3.63, 3.8) is 0 Å². The molecule has 0 aromatic heterocycles. The molecule has 20 heavy (non-hydrogen) atoms. The lowest BCUT2D eigenvalue weighted by molar-refractivity contribution is 0.244. The molecule has 2 aromatic carbocycles. The lowest BCUT2D eigenvalue weighted by atomic mass is 9.89. The zero-order valence-electron chi connectivity index (χ0n) is 11.2. The van der Waals surface area contributed by atoms with Crippen molar-refractivity contribution in [2.45, 2.75) is 11.2 Å². The summed E-state index contributed by atoms with van der Waals surface area (Å²) >= 11 is 1.75. The summed E-state index contributed by atoms with van der Waals surface area (Å²) in [4.78, 5) is 0. The summed E-state index contributed by atoms with van der Waals surface area (Å²) in [5.41, 5.74) is 2.23. The molecule has 0 saturated carbocycles. The molecule has 1 unspecified atom stereocenters. The molecule has 2 N–H and O–H groups in total. The number of rotatable bonds is 2. The highest BCUT2D eigenvalue weighted by molar-refractivity contribution is 7.99. The molecule has 0 bridgehead atoms. The summed E-state index contributed by atoms with van der Waals surface area (Å²) in [5.74, 6) is 1.26. The van der Waals surface area contributed by atoms with Gasteiger partial charge in [-0.25, -0.2) is 0 Å². The van der Waals surface area contributed by atoms with E-state index >= 15 is 0 Å². The van der Waals surface area contributed by atoms with Crippen LogP contribution in [-0.4, -0.2) is 23.1 Å². The third kappa shape index (κ3) is 2.20. The second kappa shape index (κ2) is 4.94. The van der Waals surface area contributed by atoms with Gasteiger partial charge in [-0.05, 0) is 42.0 Å². The molecule has 1 atom stereocenters. The molecular weight excluding hydrogens is 272 g/mol. The van der Waals surface area contributed by atoms with Crippen molar-refractivity contribution in [2.24, 2.45) is 0 Å². The Morgan fingerprint density at radius 2 is 1.75 bits per heavy atom. The Labute approximate surface area is 122 Å². The Bertz CT molecular complexity index is 624. The van der Waals surface area contributed by atoms with Crippen LogP contribution >= 0.6 is 11.8 Å². The Kier molecular flexibility index (Phi) is 3.26. The average molecular weight is 288 g/mol. The molecule has 104 valence electrons. The summed E-state index contributed by atoms with van der Waals surface area (Å²) in [7, 11) is 0. The monoisotopic (exact) mass is 288 g/mol. The maximum absolute atomic E-state index is 9.51. The van der Waals surface area contributed by atoms with Gasteiger partial charge < -0.3 is 14.9 Å². The Balaban J connectivity index is 1.99. The Morgan fingerprint density at radius 3 is 2.45 bits per heavy atom. The second-order valence-corrected chi connectivity index (χ2v) is 6.19. The van der Waals surface area contributed by atoms with Crippen LogP contribution in [0.1, 0.15) is 11.1 Å². The highest BCUT2D eigenvalue weighted by Crippen LogP contribution is 2.44. The normalized spacial score (nSPS) is 21.1. The van der Waals surface area contributed by atoms with Gasteiger partial charge in [-0.1, -0.05) is 18.2 Å². The van der Waals surface area contributed by atoms with Crippen LogP contribution in [0.5, 0.6) is 17.2 Å². The molecule has 0 spiro atoms. The van der Waals surface area contributed by atoms with Crippen molar-refractivity contribution in [3.8, 4) is 17.2 Å². The van der Waals surface area contributed by atoms with Gasteiger partial charge in [0.15, 0.2) is 0 Å². The van der Waals surface area contributed by atoms with E-state index in [1.165, 1.54) is 0 Å². The van der Waals surface area contributed by atoms with Crippen LogP contribution in [-0.2, 0) is 11.2 Å². The van der Waals surface area contributed by atoms with Gasteiger partial charge >= 0.3 is 0 Å². The van der Waals surface area contributed by atoms with Gasteiger partial charge in [0.25, 0.3) is 0 Å². The lowest BCUT2D eigenvalue weighted by Gasteiger charge is -2.37. The fraction of sp³-hybridized carbons (Fsp3) is 0.250. The number of hydrogen-bond donors (Lipinski definition) is 2. The second-order valence-electron chi connectivity index (χ2n) is 5.00. The predicted molar refractivity (Wildman–Crippen MR) is 80.6 cm³/mol. The molecule has 1 aliphatic rings. The molecule has 3 rings (SSSR count). The van der Waals surface area contributed by atoms with Gasteiger partial charge in [0.1, 0.15) is 23.9 Å². The van der Waals surface area contributed by atoms with E-state index in [-0.39, 0.29) is 16.2 Å². The predicted octanol–water partition coefficient (Wildman–Crippen LogP) is 3.29. The van der Waals surface area contributed by atoms with Crippen LogP contribution in [0.15, 0.2) is 42.5 Å². The highest BCUT2D eigenvalue weighted by atomic mass is 32.2. The first kappa shape index (κ1) is 13.2. The number of phenolic OH excluding ortho intramolecular Hbond substituents is 2. The average Bonchev–Trinajstić information content (AvgIpc) is 2.47. The van der Waals surface area contributed by atoms with Crippen LogP contribution in [0.3, 0.4) is 0 Å². The molecule has 1 aliphatic heterocycles. The fourth-order valence-corrected chi connectivity index (χ4v) is 3.42.